The zero-order valence-electron chi connectivity index (χ0n) is 12.9. The molecule has 0 aromatic heterocycles. The second-order valence-electron chi connectivity index (χ2n) is 4.41. The fourth-order valence-corrected chi connectivity index (χ4v) is 3.05. The highest BCUT2D eigenvalue weighted by Gasteiger charge is 2.37. The minimum atomic E-state index is 0.596. The Bertz CT molecular complexity index is 288. The maximum atomic E-state index is 3.92. The Morgan fingerprint density at radius 1 is 1.06 bits per heavy atom. The summed E-state index contributed by atoms with van der Waals surface area (Å²) in [5.41, 5.74) is 2.59. The molecule has 1 fully saturated rings. The second kappa shape index (κ2) is 9.02. The Hall–Kier alpha value is -0.980. The minimum Gasteiger partial charge on any atom is -0.382 e. The summed E-state index contributed by atoms with van der Waals surface area (Å²) in [6, 6.07) is 0.596. The number of allylic oxidation sites excluding steroid dienone is 3. The maximum absolute atomic E-state index is 3.92. The van der Waals surface area contributed by atoms with E-state index in [9.17, 15) is 0 Å². The Kier molecular flexibility index (Phi) is 8.53. The van der Waals surface area contributed by atoms with E-state index in [0.717, 1.165) is 11.8 Å². The van der Waals surface area contributed by atoms with Gasteiger partial charge in [-0.25, -0.2) is 0 Å². The molecule has 2 rings (SSSR count). The van der Waals surface area contributed by atoms with Gasteiger partial charge in [0.1, 0.15) is 0 Å². The molecule has 104 valence electrons. The number of nitrogens with one attached hydrogen (secondary N) is 1. The molecule has 0 bridgehead atoms. The van der Waals surface area contributed by atoms with Crippen molar-refractivity contribution >= 4 is 0 Å². The molecule has 3 atom stereocenters. The van der Waals surface area contributed by atoms with E-state index in [4.69, 9.17) is 0 Å². The van der Waals surface area contributed by atoms with Crippen molar-refractivity contribution in [2.24, 2.45) is 11.8 Å². The normalized spacial score (nSPS) is 28.8. The fraction of sp³-hybridized carbons (Fsp3) is 0.647. The molecule has 0 radical (unpaired) electrons. The summed E-state index contributed by atoms with van der Waals surface area (Å²) < 4.78 is 0. The molecular formula is C17H31N. The van der Waals surface area contributed by atoms with Gasteiger partial charge in [0.25, 0.3) is 0 Å². The van der Waals surface area contributed by atoms with Crippen LogP contribution in [-0.2, 0) is 0 Å². The van der Waals surface area contributed by atoms with Gasteiger partial charge in [0.2, 0.25) is 0 Å². The standard InChI is InChI=1S/C13H19N.2C2H6/c1-4-10-12-8-6-7-11(12)9(3)14-13(10)5-2;2*1-2/h4-5,9,11-12,14H,1-2,6-8H2,3H3;2*1-2H3. The van der Waals surface area contributed by atoms with Crippen molar-refractivity contribution in [1.29, 1.82) is 0 Å². The van der Waals surface area contributed by atoms with Gasteiger partial charge in [-0.3, -0.25) is 0 Å². The Labute approximate surface area is 114 Å². The van der Waals surface area contributed by atoms with Crippen molar-refractivity contribution in [3.8, 4) is 0 Å². The van der Waals surface area contributed by atoms with Crippen molar-refractivity contribution in [1.82, 2.24) is 5.32 Å². The lowest BCUT2D eigenvalue weighted by molar-refractivity contribution is 0.322. The summed E-state index contributed by atoms with van der Waals surface area (Å²) in [6.45, 7) is 18.1. The summed E-state index contributed by atoms with van der Waals surface area (Å²) in [7, 11) is 0. The van der Waals surface area contributed by atoms with E-state index >= 15 is 0 Å². The largest absolute Gasteiger partial charge is 0.382 e. The van der Waals surface area contributed by atoms with Crippen molar-refractivity contribution in [3.05, 3.63) is 36.6 Å². The molecule has 1 saturated carbocycles. The first kappa shape index (κ1) is 17.0. The van der Waals surface area contributed by atoms with Crippen LogP contribution < -0.4 is 5.32 Å². The quantitative estimate of drug-likeness (QED) is 0.720. The third-order valence-electron chi connectivity index (χ3n) is 3.73. The molecule has 1 heterocycles. The highest BCUT2D eigenvalue weighted by atomic mass is 14.9. The van der Waals surface area contributed by atoms with Gasteiger partial charge >= 0.3 is 0 Å². The molecule has 1 aliphatic carbocycles. The van der Waals surface area contributed by atoms with Crippen molar-refractivity contribution in [3.63, 3.8) is 0 Å². The average molecular weight is 249 g/mol. The van der Waals surface area contributed by atoms with Crippen LogP contribution in [0.25, 0.3) is 0 Å². The average Bonchev–Trinajstić information content (AvgIpc) is 2.93. The van der Waals surface area contributed by atoms with Gasteiger partial charge in [0, 0.05) is 11.7 Å². The Balaban J connectivity index is 0.000000659. The van der Waals surface area contributed by atoms with Crippen LogP contribution >= 0.6 is 0 Å². The molecule has 3 unspecified atom stereocenters. The van der Waals surface area contributed by atoms with Gasteiger partial charge in [0.05, 0.1) is 0 Å². The SMILES string of the molecule is C=CC1=C(C=C)C2CCCC2C(C)N1.CC.CC. The number of hydrogen-bond donors (Lipinski definition) is 1. The van der Waals surface area contributed by atoms with Crippen LogP contribution in [0.5, 0.6) is 0 Å². The van der Waals surface area contributed by atoms with E-state index in [-0.39, 0.29) is 0 Å². The minimum absolute atomic E-state index is 0.596. The Morgan fingerprint density at radius 3 is 2.17 bits per heavy atom. The third kappa shape index (κ3) is 3.51. The number of rotatable bonds is 2. The van der Waals surface area contributed by atoms with E-state index in [1.54, 1.807) is 0 Å². The highest BCUT2D eigenvalue weighted by Crippen LogP contribution is 2.42. The van der Waals surface area contributed by atoms with Gasteiger partial charge in [-0.05, 0) is 43.3 Å². The molecule has 18 heavy (non-hydrogen) atoms. The summed E-state index contributed by atoms with van der Waals surface area (Å²) in [4.78, 5) is 0. The van der Waals surface area contributed by atoms with E-state index in [1.807, 2.05) is 39.8 Å². The molecule has 0 aromatic carbocycles. The van der Waals surface area contributed by atoms with E-state index < -0.39 is 0 Å². The molecule has 2 aliphatic rings. The van der Waals surface area contributed by atoms with Crippen molar-refractivity contribution < 1.29 is 0 Å². The van der Waals surface area contributed by atoms with Crippen LogP contribution in [0.15, 0.2) is 36.6 Å². The monoisotopic (exact) mass is 249 g/mol. The summed E-state index contributed by atoms with van der Waals surface area (Å²) in [5, 5.41) is 3.53. The predicted octanol–water partition coefficient (Wildman–Crippen LogP) is 5.07. The summed E-state index contributed by atoms with van der Waals surface area (Å²) in [5.74, 6) is 1.54. The van der Waals surface area contributed by atoms with Crippen LogP contribution in [-0.4, -0.2) is 6.04 Å². The summed E-state index contributed by atoms with van der Waals surface area (Å²) >= 11 is 0. The predicted molar refractivity (Wildman–Crippen MR) is 83.5 cm³/mol. The lowest BCUT2D eigenvalue weighted by Crippen LogP contribution is -2.40. The molecule has 0 spiro atoms. The van der Waals surface area contributed by atoms with Gasteiger partial charge in [-0.1, -0.05) is 53.3 Å². The Morgan fingerprint density at radius 2 is 1.67 bits per heavy atom. The molecular weight excluding hydrogens is 218 g/mol. The molecule has 1 nitrogen and oxygen atoms in total. The molecule has 0 saturated heterocycles. The lowest BCUT2D eigenvalue weighted by atomic mass is 9.80. The smallest absolute Gasteiger partial charge is 0.0371 e. The molecule has 1 heteroatoms. The number of hydrogen-bond acceptors (Lipinski definition) is 1. The lowest BCUT2D eigenvalue weighted by Gasteiger charge is -2.35. The molecule has 1 N–H and O–H groups in total. The van der Waals surface area contributed by atoms with Gasteiger partial charge in [0.15, 0.2) is 0 Å². The van der Waals surface area contributed by atoms with Crippen LogP contribution in [0, 0.1) is 11.8 Å². The zero-order valence-corrected chi connectivity index (χ0v) is 12.9. The van der Waals surface area contributed by atoms with E-state index in [2.05, 4.69) is 25.4 Å². The van der Waals surface area contributed by atoms with Crippen molar-refractivity contribution in [2.45, 2.75) is 59.9 Å². The van der Waals surface area contributed by atoms with Crippen molar-refractivity contribution in [2.75, 3.05) is 0 Å². The summed E-state index contributed by atoms with van der Waals surface area (Å²) in [6.07, 6.45) is 8.00. The maximum Gasteiger partial charge on any atom is 0.0371 e. The first-order valence-corrected chi connectivity index (χ1v) is 7.53. The van der Waals surface area contributed by atoms with Gasteiger partial charge in [-0.15, -0.1) is 0 Å². The van der Waals surface area contributed by atoms with E-state index in [1.165, 1.54) is 30.5 Å². The van der Waals surface area contributed by atoms with Crippen LogP contribution in [0.1, 0.15) is 53.9 Å². The highest BCUT2D eigenvalue weighted by molar-refractivity contribution is 5.36. The van der Waals surface area contributed by atoms with Gasteiger partial charge in [-0.2, -0.15) is 0 Å². The van der Waals surface area contributed by atoms with Crippen LogP contribution in [0.3, 0.4) is 0 Å². The first-order chi connectivity index (χ1) is 8.77. The van der Waals surface area contributed by atoms with E-state index in [0.29, 0.717) is 6.04 Å². The molecule has 0 amide bonds. The fourth-order valence-electron chi connectivity index (χ4n) is 3.05. The molecule has 1 aliphatic heterocycles. The van der Waals surface area contributed by atoms with Crippen LogP contribution in [0.2, 0.25) is 0 Å². The molecule has 0 aromatic rings. The second-order valence-corrected chi connectivity index (χ2v) is 4.41. The number of fused-ring (bicyclic) bond motifs is 1. The van der Waals surface area contributed by atoms with Crippen LogP contribution in [0.4, 0.5) is 0 Å². The zero-order chi connectivity index (χ0) is 14.1. The topological polar surface area (TPSA) is 12.0 Å². The first-order valence-electron chi connectivity index (χ1n) is 7.53. The third-order valence-corrected chi connectivity index (χ3v) is 3.73. The van der Waals surface area contributed by atoms with Gasteiger partial charge < -0.3 is 5.32 Å².